The molecule has 2 aromatic heterocycles. The molecule has 6 heteroatoms. The molecule has 124 valence electrons. The number of hydrogen-bond donors (Lipinski definition) is 1. The van der Waals surface area contributed by atoms with E-state index in [1.165, 1.54) is 12.1 Å². The van der Waals surface area contributed by atoms with E-state index in [4.69, 9.17) is 0 Å². The highest BCUT2D eigenvalue weighted by molar-refractivity contribution is 6.06. The van der Waals surface area contributed by atoms with Crippen molar-refractivity contribution in [3.05, 3.63) is 59.8 Å². The van der Waals surface area contributed by atoms with Gasteiger partial charge in [0.2, 0.25) is 0 Å². The van der Waals surface area contributed by atoms with Gasteiger partial charge in [0.25, 0.3) is 5.91 Å². The van der Waals surface area contributed by atoms with Gasteiger partial charge >= 0.3 is 0 Å². The Balaban J connectivity index is 1.75. The summed E-state index contributed by atoms with van der Waals surface area (Å²) in [6.45, 7) is 4.48. The standard InChI is InChI=1S/C18H19FN4O/c1-12(6-9-23-8-3-7-20-23)22-18(24)16-10-13(2)21-17-11-14(19)4-5-15(16)17/h3-5,7-8,10-12H,6,9H2,1-2H3,(H,22,24). The lowest BCUT2D eigenvalue weighted by molar-refractivity contribution is 0.0939. The Morgan fingerprint density at radius 3 is 2.96 bits per heavy atom. The molecule has 0 fully saturated rings. The molecule has 0 aliphatic carbocycles. The number of benzene rings is 1. The monoisotopic (exact) mass is 326 g/mol. The first kappa shape index (κ1) is 16.1. The molecule has 1 N–H and O–H groups in total. The van der Waals surface area contributed by atoms with Gasteiger partial charge in [-0.15, -0.1) is 0 Å². The maximum atomic E-state index is 13.4. The van der Waals surface area contributed by atoms with Crippen LogP contribution in [0, 0.1) is 12.7 Å². The first-order chi connectivity index (χ1) is 11.5. The summed E-state index contributed by atoms with van der Waals surface area (Å²) in [7, 11) is 0. The fraction of sp³-hybridized carbons (Fsp3) is 0.278. The van der Waals surface area contributed by atoms with Crippen molar-refractivity contribution >= 4 is 16.8 Å². The number of pyridine rings is 1. The summed E-state index contributed by atoms with van der Waals surface area (Å²) in [5.74, 6) is -0.537. The third kappa shape index (κ3) is 3.59. The summed E-state index contributed by atoms with van der Waals surface area (Å²) in [6, 6.07) is 7.88. The highest BCUT2D eigenvalue weighted by Gasteiger charge is 2.15. The Labute approximate surface area is 139 Å². The average Bonchev–Trinajstić information content (AvgIpc) is 3.05. The molecule has 0 saturated carbocycles. The lowest BCUT2D eigenvalue weighted by atomic mass is 10.1. The molecule has 3 aromatic rings. The van der Waals surface area contributed by atoms with Gasteiger partial charge in [0.1, 0.15) is 5.82 Å². The van der Waals surface area contributed by atoms with Gasteiger partial charge in [-0.3, -0.25) is 14.5 Å². The van der Waals surface area contributed by atoms with E-state index in [1.54, 1.807) is 25.3 Å². The zero-order chi connectivity index (χ0) is 17.1. The minimum absolute atomic E-state index is 0.00864. The summed E-state index contributed by atoms with van der Waals surface area (Å²) < 4.78 is 15.2. The smallest absolute Gasteiger partial charge is 0.252 e. The lowest BCUT2D eigenvalue weighted by Gasteiger charge is -2.15. The number of aryl methyl sites for hydroxylation is 2. The van der Waals surface area contributed by atoms with Crippen molar-refractivity contribution in [3.63, 3.8) is 0 Å². The maximum absolute atomic E-state index is 13.4. The van der Waals surface area contributed by atoms with E-state index in [2.05, 4.69) is 15.4 Å². The summed E-state index contributed by atoms with van der Waals surface area (Å²) in [5, 5.41) is 7.79. The SMILES string of the molecule is Cc1cc(C(=O)NC(C)CCn2cccn2)c2ccc(F)cc2n1. The number of fused-ring (bicyclic) bond motifs is 1. The summed E-state index contributed by atoms with van der Waals surface area (Å²) >= 11 is 0. The molecule has 1 unspecified atom stereocenters. The van der Waals surface area contributed by atoms with Gasteiger partial charge in [-0.1, -0.05) is 0 Å². The highest BCUT2D eigenvalue weighted by atomic mass is 19.1. The first-order valence-corrected chi connectivity index (χ1v) is 7.88. The predicted molar refractivity (Wildman–Crippen MR) is 90.2 cm³/mol. The van der Waals surface area contributed by atoms with Crippen LogP contribution in [-0.4, -0.2) is 26.7 Å². The maximum Gasteiger partial charge on any atom is 0.252 e. The summed E-state index contributed by atoms with van der Waals surface area (Å²) in [5.41, 5.74) is 1.69. The van der Waals surface area contributed by atoms with Crippen LogP contribution >= 0.6 is 0 Å². The quantitative estimate of drug-likeness (QED) is 0.784. The minimum Gasteiger partial charge on any atom is -0.349 e. The molecule has 5 nitrogen and oxygen atoms in total. The molecule has 0 saturated heterocycles. The molecular formula is C18H19FN4O. The van der Waals surface area contributed by atoms with Gasteiger partial charge < -0.3 is 5.32 Å². The van der Waals surface area contributed by atoms with E-state index in [1.807, 2.05) is 23.9 Å². The zero-order valence-corrected chi connectivity index (χ0v) is 13.7. The zero-order valence-electron chi connectivity index (χ0n) is 13.7. The van der Waals surface area contributed by atoms with Gasteiger partial charge in [0.15, 0.2) is 0 Å². The van der Waals surface area contributed by atoms with Crippen LogP contribution in [0.4, 0.5) is 4.39 Å². The fourth-order valence-electron chi connectivity index (χ4n) is 2.65. The lowest BCUT2D eigenvalue weighted by Crippen LogP contribution is -2.33. The van der Waals surface area contributed by atoms with Crippen LogP contribution < -0.4 is 5.32 Å². The Morgan fingerprint density at radius 2 is 2.21 bits per heavy atom. The molecule has 0 bridgehead atoms. The van der Waals surface area contributed by atoms with Crippen LogP contribution in [0.15, 0.2) is 42.7 Å². The van der Waals surface area contributed by atoms with Crippen molar-refractivity contribution in [1.82, 2.24) is 20.1 Å². The molecule has 2 heterocycles. The van der Waals surface area contributed by atoms with Crippen molar-refractivity contribution in [2.75, 3.05) is 0 Å². The van der Waals surface area contributed by atoms with E-state index in [9.17, 15) is 9.18 Å². The van der Waals surface area contributed by atoms with Crippen LogP contribution in [0.2, 0.25) is 0 Å². The first-order valence-electron chi connectivity index (χ1n) is 7.88. The van der Waals surface area contributed by atoms with Crippen molar-refractivity contribution in [2.24, 2.45) is 0 Å². The second-order valence-corrected chi connectivity index (χ2v) is 5.90. The van der Waals surface area contributed by atoms with Crippen LogP contribution in [0.5, 0.6) is 0 Å². The molecule has 0 aliphatic heterocycles. The number of rotatable bonds is 5. The number of aromatic nitrogens is 3. The number of amides is 1. The summed E-state index contributed by atoms with van der Waals surface area (Å²) in [6.07, 6.45) is 4.39. The van der Waals surface area contributed by atoms with Crippen LogP contribution in [-0.2, 0) is 6.54 Å². The molecule has 0 radical (unpaired) electrons. The molecule has 3 rings (SSSR count). The molecule has 1 atom stereocenters. The van der Waals surface area contributed by atoms with Crippen LogP contribution in [0.25, 0.3) is 10.9 Å². The van der Waals surface area contributed by atoms with Crippen LogP contribution in [0.3, 0.4) is 0 Å². The molecule has 1 amide bonds. The summed E-state index contributed by atoms with van der Waals surface area (Å²) in [4.78, 5) is 16.9. The van der Waals surface area contributed by atoms with Crippen LogP contribution in [0.1, 0.15) is 29.4 Å². The fourth-order valence-corrected chi connectivity index (χ4v) is 2.65. The molecule has 0 spiro atoms. The average molecular weight is 326 g/mol. The van der Waals surface area contributed by atoms with E-state index >= 15 is 0 Å². The van der Waals surface area contributed by atoms with Gasteiger partial charge in [-0.2, -0.15) is 5.10 Å². The number of halogens is 1. The molecule has 0 aliphatic rings. The highest BCUT2D eigenvalue weighted by Crippen LogP contribution is 2.19. The van der Waals surface area contributed by atoms with Crippen molar-refractivity contribution in [2.45, 2.75) is 32.9 Å². The van der Waals surface area contributed by atoms with E-state index in [0.717, 1.165) is 13.0 Å². The largest absolute Gasteiger partial charge is 0.349 e. The Kier molecular flexibility index (Phi) is 4.55. The van der Waals surface area contributed by atoms with Crippen molar-refractivity contribution in [3.8, 4) is 0 Å². The minimum atomic E-state index is -0.362. The van der Waals surface area contributed by atoms with Gasteiger partial charge in [-0.05, 0) is 44.5 Å². The van der Waals surface area contributed by atoms with E-state index < -0.39 is 0 Å². The van der Waals surface area contributed by atoms with Crippen molar-refractivity contribution < 1.29 is 9.18 Å². The van der Waals surface area contributed by atoms with Gasteiger partial charge in [0.05, 0.1) is 11.1 Å². The topological polar surface area (TPSA) is 59.8 Å². The normalized spacial score (nSPS) is 12.3. The number of carbonyl (C=O) groups is 1. The number of hydrogen-bond acceptors (Lipinski definition) is 3. The number of nitrogens with one attached hydrogen (secondary N) is 1. The second-order valence-electron chi connectivity index (χ2n) is 5.90. The third-order valence-electron chi connectivity index (χ3n) is 3.87. The Hall–Kier alpha value is -2.76. The third-order valence-corrected chi connectivity index (χ3v) is 3.87. The van der Waals surface area contributed by atoms with E-state index in [-0.39, 0.29) is 17.8 Å². The van der Waals surface area contributed by atoms with Gasteiger partial charge in [-0.25, -0.2) is 4.39 Å². The molecular weight excluding hydrogens is 307 g/mol. The Bertz CT molecular complexity index is 856. The Morgan fingerprint density at radius 1 is 1.38 bits per heavy atom. The van der Waals surface area contributed by atoms with E-state index in [0.29, 0.717) is 22.2 Å². The second kappa shape index (κ2) is 6.78. The van der Waals surface area contributed by atoms with Gasteiger partial charge in [0, 0.05) is 42.1 Å². The molecule has 1 aromatic carbocycles. The number of carbonyl (C=O) groups excluding carboxylic acids is 1. The predicted octanol–water partition coefficient (Wildman–Crippen LogP) is 3.09. The molecule has 24 heavy (non-hydrogen) atoms. The van der Waals surface area contributed by atoms with Crippen molar-refractivity contribution in [1.29, 1.82) is 0 Å². The number of nitrogens with zero attached hydrogens (tertiary/aromatic N) is 3.